The molecule has 0 atom stereocenters. The number of allylic oxidation sites excluding steroid dienone is 1. The zero-order chi connectivity index (χ0) is 9.84. The van der Waals surface area contributed by atoms with E-state index in [0.717, 1.165) is 5.69 Å². The Balaban J connectivity index is 3.17. The van der Waals surface area contributed by atoms with Crippen molar-refractivity contribution < 1.29 is 0 Å². The minimum absolute atomic E-state index is 0.493. The van der Waals surface area contributed by atoms with Gasteiger partial charge in [0, 0.05) is 11.8 Å². The molecule has 0 aliphatic heterocycles. The highest BCUT2D eigenvalue weighted by molar-refractivity contribution is 5.51. The van der Waals surface area contributed by atoms with E-state index in [-0.39, 0.29) is 0 Å². The van der Waals surface area contributed by atoms with Gasteiger partial charge in [-0.15, -0.1) is 0 Å². The molecule has 70 valence electrons. The maximum absolute atomic E-state index is 4.26. The van der Waals surface area contributed by atoms with Crippen molar-refractivity contribution in [3.8, 4) is 0 Å². The fourth-order valence-electron chi connectivity index (χ4n) is 1.30. The Labute approximate surface area is 79.6 Å². The monoisotopic (exact) mass is 176 g/mol. The van der Waals surface area contributed by atoms with Gasteiger partial charge in [0.05, 0.1) is 11.9 Å². The summed E-state index contributed by atoms with van der Waals surface area (Å²) < 4.78 is 1.85. The van der Waals surface area contributed by atoms with Gasteiger partial charge in [-0.3, -0.25) is 0 Å². The summed E-state index contributed by atoms with van der Waals surface area (Å²) in [5, 5.41) is 4.26. The van der Waals surface area contributed by atoms with Crippen LogP contribution in [0.25, 0.3) is 12.3 Å². The molecule has 0 N–H and O–H groups in total. The minimum atomic E-state index is 0.493. The van der Waals surface area contributed by atoms with E-state index >= 15 is 0 Å². The maximum atomic E-state index is 4.26. The van der Waals surface area contributed by atoms with Gasteiger partial charge < -0.3 is 0 Å². The lowest BCUT2D eigenvalue weighted by atomic mass is 10.0. The Kier molecular flexibility index (Phi) is 3.07. The van der Waals surface area contributed by atoms with Crippen LogP contribution in [-0.2, 0) is 0 Å². The average molecular weight is 176 g/mol. The summed E-state index contributed by atoms with van der Waals surface area (Å²) in [5.41, 5.74) is 2.33. The van der Waals surface area contributed by atoms with Crippen LogP contribution in [0.2, 0.25) is 0 Å². The lowest BCUT2D eigenvalue weighted by molar-refractivity contribution is 0.860. The number of rotatable bonds is 3. The summed E-state index contributed by atoms with van der Waals surface area (Å²) in [6.07, 6.45) is 7.65. The molecule has 0 aliphatic carbocycles. The molecular formula is C11H16N2. The third-order valence-electron chi connectivity index (χ3n) is 1.97. The normalized spacial score (nSPS) is 11.4. The highest BCUT2D eigenvalue weighted by Gasteiger charge is 2.08. The first-order chi connectivity index (χ1) is 6.20. The minimum Gasteiger partial charge on any atom is -0.241 e. The number of hydrogen-bond donors (Lipinski definition) is 0. The largest absolute Gasteiger partial charge is 0.241 e. The van der Waals surface area contributed by atoms with Crippen molar-refractivity contribution in [2.75, 3.05) is 0 Å². The van der Waals surface area contributed by atoms with E-state index in [9.17, 15) is 0 Å². The average Bonchev–Trinajstić information content (AvgIpc) is 2.48. The molecule has 0 aromatic carbocycles. The zero-order valence-electron chi connectivity index (χ0n) is 8.49. The molecule has 1 aromatic rings. The highest BCUT2D eigenvalue weighted by atomic mass is 15.3. The Morgan fingerprint density at radius 2 is 2.23 bits per heavy atom. The summed E-state index contributed by atoms with van der Waals surface area (Å²) >= 11 is 0. The van der Waals surface area contributed by atoms with Crippen LogP contribution >= 0.6 is 0 Å². The molecule has 0 saturated heterocycles. The molecule has 0 bridgehead atoms. The van der Waals surface area contributed by atoms with Gasteiger partial charge >= 0.3 is 0 Å². The van der Waals surface area contributed by atoms with Gasteiger partial charge in [-0.2, -0.15) is 5.10 Å². The van der Waals surface area contributed by atoms with Gasteiger partial charge in [0.1, 0.15) is 0 Å². The summed E-state index contributed by atoms with van der Waals surface area (Å²) in [6.45, 7) is 10.1. The van der Waals surface area contributed by atoms with E-state index in [1.807, 2.05) is 36.2 Å². The molecule has 0 unspecified atom stereocenters. The first-order valence-electron chi connectivity index (χ1n) is 4.53. The van der Waals surface area contributed by atoms with Crippen LogP contribution in [0.15, 0.2) is 18.9 Å². The Hall–Kier alpha value is -1.31. The van der Waals surface area contributed by atoms with E-state index in [4.69, 9.17) is 0 Å². The molecule has 0 aliphatic rings. The van der Waals surface area contributed by atoms with Crippen molar-refractivity contribution in [2.45, 2.75) is 26.7 Å². The molecule has 1 rings (SSSR count). The van der Waals surface area contributed by atoms with Crippen LogP contribution in [0.5, 0.6) is 0 Å². The summed E-state index contributed by atoms with van der Waals surface area (Å²) in [4.78, 5) is 0. The van der Waals surface area contributed by atoms with Crippen LogP contribution in [0.1, 0.15) is 37.9 Å². The van der Waals surface area contributed by atoms with Gasteiger partial charge in [0.15, 0.2) is 0 Å². The van der Waals surface area contributed by atoms with Gasteiger partial charge in [0.25, 0.3) is 0 Å². The summed E-state index contributed by atoms with van der Waals surface area (Å²) in [5.74, 6) is 0.493. The molecule has 0 spiro atoms. The van der Waals surface area contributed by atoms with Crippen LogP contribution in [0, 0.1) is 0 Å². The summed E-state index contributed by atoms with van der Waals surface area (Å²) in [7, 11) is 0. The van der Waals surface area contributed by atoms with Crippen molar-refractivity contribution in [1.82, 2.24) is 9.78 Å². The van der Waals surface area contributed by atoms with Crippen LogP contribution in [0.4, 0.5) is 0 Å². The van der Waals surface area contributed by atoms with Gasteiger partial charge in [-0.1, -0.05) is 26.5 Å². The van der Waals surface area contributed by atoms with Gasteiger partial charge in [-0.25, -0.2) is 4.68 Å². The Morgan fingerprint density at radius 1 is 1.54 bits per heavy atom. The van der Waals surface area contributed by atoms with E-state index in [1.54, 1.807) is 0 Å². The molecule has 1 heterocycles. The number of nitrogens with zero attached hydrogens (tertiary/aromatic N) is 2. The SMILES string of the molecule is C=Cc1c(C(C)C)cnn1/C=C\C. The van der Waals surface area contributed by atoms with Crippen molar-refractivity contribution in [2.24, 2.45) is 0 Å². The highest BCUT2D eigenvalue weighted by Crippen LogP contribution is 2.19. The van der Waals surface area contributed by atoms with E-state index < -0.39 is 0 Å². The topological polar surface area (TPSA) is 17.8 Å². The molecule has 2 heteroatoms. The first kappa shape index (κ1) is 9.78. The number of aromatic nitrogens is 2. The second-order valence-electron chi connectivity index (χ2n) is 3.27. The molecule has 0 radical (unpaired) electrons. The first-order valence-corrected chi connectivity index (χ1v) is 4.53. The third-order valence-corrected chi connectivity index (χ3v) is 1.97. The third kappa shape index (κ3) is 1.89. The van der Waals surface area contributed by atoms with Crippen LogP contribution in [-0.4, -0.2) is 9.78 Å². The second kappa shape index (κ2) is 4.08. The lowest BCUT2D eigenvalue weighted by Gasteiger charge is -2.03. The van der Waals surface area contributed by atoms with Gasteiger partial charge in [-0.05, 0) is 18.9 Å². The van der Waals surface area contributed by atoms with E-state index in [0.29, 0.717) is 5.92 Å². The molecule has 0 saturated carbocycles. The van der Waals surface area contributed by atoms with Crippen LogP contribution in [0.3, 0.4) is 0 Å². The fraction of sp³-hybridized carbons (Fsp3) is 0.364. The van der Waals surface area contributed by atoms with Crippen molar-refractivity contribution in [1.29, 1.82) is 0 Å². The molecule has 1 aromatic heterocycles. The maximum Gasteiger partial charge on any atom is 0.0690 e. The van der Waals surface area contributed by atoms with E-state index in [1.165, 1.54) is 5.56 Å². The second-order valence-corrected chi connectivity index (χ2v) is 3.27. The predicted octanol–water partition coefficient (Wildman–Crippen LogP) is 3.14. The smallest absolute Gasteiger partial charge is 0.0690 e. The van der Waals surface area contributed by atoms with Crippen molar-refractivity contribution in [3.05, 3.63) is 30.1 Å². The fourth-order valence-corrected chi connectivity index (χ4v) is 1.30. The Bertz CT molecular complexity index is 319. The zero-order valence-corrected chi connectivity index (χ0v) is 8.49. The lowest BCUT2D eigenvalue weighted by Crippen LogP contribution is -1.94. The van der Waals surface area contributed by atoms with Crippen molar-refractivity contribution in [3.63, 3.8) is 0 Å². The molecule has 13 heavy (non-hydrogen) atoms. The molecular weight excluding hydrogens is 160 g/mol. The van der Waals surface area contributed by atoms with Gasteiger partial charge in [0.2, 0.25) is 0 Å². The predicted molar refractivity (Wildman–Crippen MR) is 57.4 cm³/mol. The van der Waals surface area contributed by atoms with E-state index in [2.05, 4.69) is 25.5 Å². The molecule has 0 fully saturated rings. The van der Waals surface area contributed by atoms with Crippen molar-refractivity contribution >= 4 is 12.3 Å². The Morgan fingerprint density at radius 3 is 2.69 bits per heavy atom. The molecule has 0 amide bonds. The van der Waals surface area contributed by atoms with Crippen LogP contribution < -0.4 is 0 Å². The number of hydrogen-bond acceptors (Lipinski definition) is 1. The molecule has 2 nitrogen and oxygen atoms in total. The summed E-state index contributed by atoms with van der Waals surface area (Å²) in [6, 6.07) is 0. The standard InChI is InChI=1S/C11H16N2/c1-5-7-13-11(6-2)10(8-12-13)9(3)4/h5-9H,2H2,1,3-4H3/b7-5-. The quantitative estimate of drug-likeness (QED) is 0.691.